The molecule has 1 saturated heterocycles. The number of furan rings is 1. The second-order valence-corrected chi connectivity index (χ2v) is 6.83. The van der Waals surface area contributed by atoms with E-state index in [1.165, 1.54) is 48.4 Å². The van der Waals surface area contributed by atoms with E-state index in [9.17, 15) is 19.7 Å². The Hall–Kier alpha value is -2.85. The van der Waals surface area contributed by atoms with Crippen molar-refractivity contribution in [1.29, 1.82) is 0 Å². The van der Waals surface area contributed by atoms with Crippen LogP contribution < -0.4 is 10.9 Å². The molecule has 1 aliphatic rings. The second kappa shape index (κ2) is 8.69. The number of nitro groups is 1. The number of nitrogens with one attached hydrogen (secondary N) is 2. The van der Waals surface area contributed by atoms with Crippen molar-refractivity contribution in [1.82, 2.24) is 10.9 Å². The SMILES string of the molecule is O=C(NNC(=O)c1ccco1)c1ccc(SC[C@H]2CCCO2)c([N+](=O)[O-])c1. The summed E-state index contributed by atoms with van der Waals surface area (Å²) in [6.07, 6.45) is 3.36. The van der Waals surface area contributed by atoms with E-state index < -0.39 is 16.7 Å². The van der Waals surface area contributed by atoms with Gasteiger partial charge in [0, 0.05) is 24.0 Å². The van der Waals surface area contributed by atoms with Gasteiger partial charge in [-0.05, 0) is 37.1 Å². The molecule has 1 atom stereocenters. The third kappa shape index (κ3) is 4.86. The molecule has 1 aromatic heterocycles. The minimum atomic E-state index is -0.673. The maximum Gasteiger partial charge on any atom is 0.305 e. The highest BCUT2D eigenvalue weighted by Gasteiger charge is 2.21. The minimum absolute atomic E-state index is 0.0298. The molecule has 1 aromatic carbocycles. The summed E-state index contributed by atoms with van der Waals surface area (Å²) in [5, 5.41) is 11.4. The summed E-state index contributed by atoms with van der Waals surface area (Å²) < 4.78 is 10.4. The van der Waals surface area contributed by atoms with E-state index in [1.807, 2.05) is 0 Å². The molecule has 9 nitrogen and oxygen atoms in total. The summed E-state index contributed by atoms with van der Waals surface area (Å²) >= 11 is 1.33. The van der Waals surface area contributed by atoms with E-state index in [0.29, 0.717) is 10.6 Å². The molecule has 0 saturated carbocycles. The Kier molecular flexibility index (Phi) is 6.09. The van der Waals surface area contributed by atoms with Crippen molar-refractivity contribution in [2.24, 2.45) is 0 Å². The summed E-state index contributed by atoms with van der Waals surface area (Å²) in [6, 6.07) is 7.16. The molecule has 142 valence electrons. The third-order valence-corrected chi connectivity index (χ3v) is 5.10. The smallest absolute Gasteiger partial charge is 0.305 e. The van der Waals surface area contributed by atoms with Crippen LogP contribution in [0.4, 0.5) is 5.69 Å². The van der Waals surface area contributed by atoms with Crippen LogP contribution >= 0.6 is 11.8 Å². The van der Waals surface area contributed by atoms with E-state index in [-0.39, 0.29) is 23.1 Å². The highest BCUT2D eigenvalue weighted by molar-refractivity contribution is 7.99. The molecule has 27 heavy (non-hydrogen) atoms. The van der Waals surface area contributed by atoms with Crippen molar-refractivity contribution in [3.8, 4) is 0 Å². The summed E-state index contributed by atoms with van der Waals surface area (Å²) in [5.74, 6) is -0.659. The van der Waals surface area contributed by atoms with E-state index in [4.69, 9.17) is 9.15 Å². The molecule has 1 aliphatic heterocycles. The van der Waals surface area contributed by atoms with Crippen LogP contribution in [0.25, 0.3) is 0 Å². The number of amides is 2. The fraction of sp³-hybridized carbons (Fsp3) is 0.294. The maximum absolute atomic E-state index is 12.2. The number of carbonyl (C=O) groups excluding carboxylic acids is 2. The van der Waals surface area contributed by atoms with Crippen LogP contribution in [-0.2, 0) is 4.74 Å². The fourth-order valence-electron chi connectivity index (χ4n) is 2.54. The molecule has 0 spiro atoms. The van der Waals surface area contributed by atoms with Crippen molar-refractivity contribution in [3.05, 3.63) is 58.0 Å². The topological polar surface area (TPSA) is 124 Å². The van der Waals surface area contributed by atoms with Crippen LogP contribution in [-0.4, -0.2) is 35.2 Å². The molecule has 0 aliphatic carbocycles. The van der Waals surface area contributed by atoms with Gasteiger partial charge < -0.3 is 9.15 Å². The summed E-state index contributed by atoms with van der Waals surface area (Å²) in [6.45, 7) is 0.718. The zero-order valence-electron chi connectivity index (χ0n) is 14.2. The van der Waals surface area contributed by atoms with Crippen molar-refractivity contribution < 1.29 is 23.7 Å². The van der Waals surface area contributed by atoms with Crippen LogP contribution in [0.3, 0.4) is 0 Å². The van der Waals surface area contributed by atoms with Crippen molar-refractivity contribution in [3.63, 3.8) is 0 Å². The van der Waals surface area contributed by atoms with Crippen LogP contribution in [0, 0.1) is 10.1 Å². The van der Waals surface area contributed by atoms with E-state index in [0.717, 1.165) is 19.4 Å². The average Bonchev–Trinajstić information content (AvgIpc) is 3.37. The predicted molar refractivity (Wildman–Crippen MR) is 96.4 cm³/mol. The molecular formula is C17H17N3O6S. The van der Waals surface area contributed by atoms with Gasteiger partial charge in [-0.2, -0.15) is 0 Å². The largest absolute Gasteiger partial charge is 0.459 e. The number of carbonyl (C=O) groups is 2. The Morgan fingerprint density at radius 3 is 2.74 bits per heavy atom. The van der Waals surface area contributed by atoms with Gasteiger partial charge in [0.1, 0.15) is 0 Å². The molecule has 0 unspecified atom stereocenters. The first-order valence-corrected chi connectivity index (χ1v) is 9.20. The molecule has 2 aromatic rings. The van der Waals surface area contributed by atoms with Crippen LogP contribution in [0.15, 0.2) is 45.9 Å². The van der Waals surface area contributed by atoms with Gasteiger partial charge >= 0.3 is 5.91 Å². The first-order chi connectivity index (χ1) is 13.0. The molecular weight excluding hydrogens is 374 g/mol. The molecule has 2 heterocycles. The van der Waals surface area contributed by atoms with Crippen LogP contribution in [0.1, 0.15) is 33.8 Å². The predicted octanol–water partition coefficient (Wildman–Crippen LogP) is 2.53. The standard InChI is InChI=1S/C17H17N3O6S/c21-16(18-19-17(22)14-4-2-8-26-14)11-5-6-15(13(9-11)20(23)24)27-10-12-3-1-7-25-12/h2,4-6,8-9,12H,1,3,7,10H2,(H,18,21)(H,19,22)/t12-/m1/s1. The van der Waals surface area contributed by atoms with Crippen molar-refractivity contribution >= 4 is 29.3 Å². The third-order valence-electron chi connectivity index (χ3n) is 3.90. The number of nitro benzene ring substituents is 1. The molecule has 2 amide bonds. The second-order valence-electron chi connectivity index (χ2n) is 5.77. The quantitative estimate of drug-likeness (QED) is 0.440. The maximum atomic E-state index is 12.2. The normalized spacial score (nSPS) is 16.1. The van der Waals surface area contributed by atoms with Gasteiger partial charge in [0.05, 0.1) is 22.2 Å². The van der Waals surface area contributed by atoms with E-state index in [2.05, 4.69) is 10.9 Å². The number of nitrogens with zero attached hydrogens (tertiary/aromatic N) is 1. The molecule has 10 heteroatoms. The summed E-state index contributed by atoms with van der Waals surface area (Å²) in [7, 11) is 0. The Morgan fingerprint density at radius 2 is 2.07 bits per heavy atom. The van der Waals surface area contributed by atoms with Crippen molar-refractivity contribution in [2.45, 2.75) is 23.8 Å². The zero-order valence-corrected chi connectivity index (χ0v) is 15.0. The molecule has 1 fully saturated rings. The summed E-state index contributed by atoms with van der Waals surface area (Å²) in [5.41, 5.74) is 4.28. The van der Waals surface area contributed by atoms with Gasteiger partial charge in [-0.15, -0.1) is 11.8 Å². The fourth-order valence-corrected chi connectivity index (χ4v) is 3.61. The number of hydrogen-bond acceptors (Lipinski definition) is 7. The summed E-state index contributed by atoms with van der Waals surface area (Å²) in [4.78, 5) is 35.2. The van der Waals surface area contributed by atoms with Gasteiger partial charge in [-0.1, -0.05) is 0 Å². The Morgan fingerprint density at radius 1 is 1.26 bits per heavy atom. The van der Waals surface area contributed by atoms with Gasteiger partial charge in [-0.3, -0.25) is 30.6 Å². The highest BCUT2D eigenvalue weighted by atomic mass is 32.2. The number of hydrogen-bond donors (Lipinski definition) is 2. The lowest BCUT2D eigenvalue weighted by molar-refractivity contribution is -0.387. The van der Waals surface area contributed by atoms with Gasteiger partial charge in [-0.25, -0.2) is 0 Å². The van der Waals surface area contributed by atoms with Crippen molar-refractivity contribution in [2.75, 3.05) is 12.4 Å². The number of thioether (sulfide) groups is 1. The Labute approximate surface area is 158 Å². The highest BCUT2D eigenvalue weighted by Crippen LogP contribution is 2.32. The zero-order chi connectivity index (χ0) is 19.2. The van der Waals surface area contributed by atoms with Gasteiger partial charge in [0.2, 0.25) is 0 Å². The van der Waals surface area contributed by atoms with Gasteiger partial charge in [0.25, 0.3) is 11.6 Å². The lowest BCUT2D eigenvalue weighted by Crippen LogP contribution is -2.41. The lowest BCUT2D eigenvalue weighted by atomic mass is 10.2. The van der Waals surface area contributed by atoms with E-state index >= 15 is 0 Å². The van der Waals surface area contributed by atoms with E-state index in [1.54, 1.807) is 0 Å². The number of ether oxygens (including phenoxy) is 1. The molecule has 0 radical (unpaired) electrons. The first-order valence-electron chi connectivity index (χ1n) is 8.21. The monoisotopic (exact) mass is 391 g/mol. The average molecular weight is 391 g/mol. The minimum Gasteiger partial charge on any atom is -0.459 e. The number of hydrazine groups is 1. The Balaban J connectivity index is 1.64. The lowest BCUT2D eigenvalue weighted by Gasteiger charge is -2.10. The molecule has 0 bridgehead atoms. The number of rotatable bonds is 6. The van der Waals surface area contributed by atoms with Gasteiger partial charge in [0.15, 0.2) is 5.76 Å². The first kappa shape index (κ1) is 18.9. The molecule has 3 rings (SSSR count). The molecule has 2 N–H and O–H groups in total. The van der Waals surface area contributed by atoms with Crippen LogP contribution in [0.5, 0.6) is 0 Å². The number of benzene rings is 1. The Bertz CT molecular complexity index is 833. The van der Waals surface area contributed by atoms with Crippen LogP contribution in [0.2, 0.25) is 0 Å².